The van der Waals surface area contributed by atoms with Gasteiger partial charge in [0, 0.05) is 24.8 Å². The highest BCUT2D eigenvalue weighted by Crippen LogP contribution is 2.36. The lowest BCUT2D eigenvalue weighted by molar-refractivity contribution is 0.0848. The van der Waals surface area contributed by atoms with Crippen molar-refractivity contribution in [2.24, 2.45) is 11.8 Å². The molecule has 1 aliphatic carbocycles. The summed E-state index contributed by atoms with van der Waals surface area (Å²) in [6.07, 6.45) is 13.5. The van der Waals surface area contributed by atoms with Crippen molar-refractivity contribution in [3.63, 3.8) is 0 Å². The van der Waals surface area contributed by atoms with E-state index < -0.39 is 0 Å². The maximum atomic E-state index is 5.88. The molecule has 3 aliphatic rings. The van der Waals surface area contributed by atoms with Crippen LogP contribution in [0.4, 0.5) is 0 Å². The Kier molecular flexibility index (Phi) is 5.41. The Balaban J connectivity index is 1.13. The number of unbranched alkanes of at least 4 members (excludes halogenated alkanes) is 1. The number of aromatic nitrogens is 2. The highest BCUT2D eigenvalue weighted by atomic mass is 16.5. The van der Waals surface area contributed by atoms with E-state index in [2.05, 4.69) is 20.7 Å². The molecule has 2 fully saturated rings. The molecule has 1 aromatic rings. The molecular weight excluding hydrogens is 298 g/mol. The minimum absolute atomic E-state index is 0.816. The Hall–Kier alpha value is -1.03. The highest BCUT2D eigenvalue weighted by Gasteiger charge is 2.30. The fraction of sp³-hybridized carbons (Fsp3) is 0.850. The van der Waals surface area contributed by atoms with Crippen LogP contribution in [0.15, 0.2) is 6.07 Å². The van der Waals surface area contributed by atoms with Crippen LogP contribution >= 0.6 is 0 Å². The summed E-state index contributed by atoms with van der Waals surface area (Å²) in [5.41, 5.74) is 1.35. The molecule has 0 spiro atoms. The zero-order valence-electron chi connectivity index (χ0n) is 15.1. The maximum Gasteiger partial charge on any atom is 0.232 e. The summed E-state index contributed by atoms with van der Waals surface area (Å²) in [4.78, 5) is 2.71. The molecule has 3 heterocycles. The van der Waals surface area contributed by atoms with Gasteiger partial charge < -0.3 is 9.64 Å². The molecule has 24 heavy (non-hydrogen) atoms. The molecule has 0 amide bonds. The molecule has 1 aromatic heterocycles. The van der Waals surface area contributed by atoms with E-state index >= 15 is 0 Å². The van der Waals surface area contributed by atoms with Gasteiger partial charge in [-0.05, 0) is 69.9 Å². The number of fused-ring (bicyclic) bond motifs is 2. The van der Waals surface area contributed by atoms with Crippen LogP contribution in [-0.2, 0) is 13.0 Å². The van der Waals surface area contributed by atoms with Gasteiger partial charge in [0.15, 0.2) is 0 Å². The second-order valence-electron chi connectivity index (χ2n) is 8.10. The first kappa shape index (κ1) is 16.4. The Labute approximate surface area is 146 Å². The molecule has 0 N–H and O–H groups in total. The average molecular weight is 332 g/mol. The van der Waals surface area contributed by atoms with Gasteiger partial charge >= 0.3 is 0 Å². The number of aryl methyl sites for hydroxylation is 2. The van der Waals surface area contributed by atoms with Gasteiger partial charge in [-0.25, -0.2) is 0 Å². The van der Waals surface area contributed by atoms with Crippen molar-refractivity contribution < 1.29 is 4.74 Å². The van der Waals surface area contributed by atoms with E-state index in [0.717, 1.165) is 43.7 Å². The standard InChI is InChI=1S/C20H33N3O/c1-2-8-18-16-22(13-10-17(18)7-1)11-5-6-14-24-20-15-19-9-3-4-12-23(19)21-20/h15,17-18H,1-14,16H2. The summed E-state index contributed by atoms with van der Waals surface area (Å²) in [6.45, 7) is 5.83. The number of piperidine rings is 1. The zero-order chi connectivity index (χ0) is 16.2. The SMILES string of the molecule is c1c(OCCCCN2CCC3CCCCC3C2)nn2c1CCCC2. The van der Waals surface area contributed by atoms with E-state index in [1.807, 2.05) is 0 Å². The van der Waals surface area contributed by atoms with Crippen molar-refractivity contribution in [3.8, 4) is 5.88 Å². The lowest BCUT2D eigenvalue weighted by Crippen LogP contribution is -2.42. The van der Waals surface area contributed by atoms with Crippen molar-refractivity contribution in [1.29, 1.82) is 0 Å². The van der Waals surface area contributed by atoms with Gasteiger partial charge in [-0.3, -0.25) is 4.68 Å². The third-order valence-corrected chi connectivity index (χ3v) is 6.39. The highest BCUT2D eigenvalue weighted by molar-refractivity contribution is 5.16. The topological polar surface area (TPSA) is 30.3 Å². The fourth-order valence-electron chi connectivity index (χ4n) is 4.96. The minimum Gasteiger partial charge on any atom is -0.477 e. The van der Waals surface area contributed by atoms with E-state index in [9.17, 15) is 0 Å². The van der Waals surface area contributed by atoms with Gasteiger partial charge in [-0.1, -0.05) is 19.3 Å². The largest absolute Gasteiger partial charge is 0.477 e. The smallest absolute Gasteiger partial charge is 0.232 e. The third kappa shape index (κ3) is 3.96. The second kappa shape index (κ2) is 7.90. The number of nitrogens with zero attached hydrogens (tertiary/aromatic N) is 3. The van der Waals surface area contributed by atoms with E-state index in [4.69, 9.17) is 4.74 Å². The van der Waals surface area contributed by atoms with Crippen LogP contribution in [0, 0.1) is 11.8 Å². The van der Waals surface area contributed by atoms with Crippen molar-refractivity contribution in [2.75, 3.05) is 26.2 Å². The predicted octanol–water partition coefficient (Wildman–Crippen LogP) is 3.89. The number of likely N-dealkylation sites (tertiary alicyclic amines) is 1. The Bertz CT molecular complexity index is 503. The third-order valence-electron chi connectivity index (χ3n) is 6.39. The molecule has 2 aliphatic heterocycles. The lowest BCUT2D eigenvalue weighted by atomic mass is 9.75. The molecular formula is C20H33N3O. The summed E-state index contributed by atoms with van der Waals surface area (Å²) >= 11 is 0. The van der Waals surface area contributed by atoms with Crippen molar-refractivity contribution in [3.05, 3.63) is 11.8 Å². The first-order chi connectivity index (χ1) is 11.9. The zero-order valence-corrected chi connectivity index (χ0v) is 15.1. The number of rotatable bonds is 6. The maximum absolute atomic E-state index is 5.88. The van der Waals surface area contributed by atoms with E-state index in [1.165, 1.54) is 76.7 Å². The first-order valence-electron chi connectivity index (χ1n) is 10.3. The molecule has 4 heteroatoms. The molecule has 1 saturated carbocycles. The van der Waals surface area contributed by atoms with Gasteiger partial charge in [-0.15, -0.1) is 5.10 Å². The number of hydrogen-bond acceptors (Lipinski definition) is 3. The predicted molar refractivity (Wildman–Crippen MR) is 96.4 cm³/mol. The molecule has 2 atom stereocenters. The molecule has 134 valence electrons. The number of hydrogen-bond donors (Lipinski definition) is 0. The summed E-state index contributed by atoms with van der Waals surface area (Å²) in [5.74, 6) is 2.89. The molecule has 4 nitrogen and oxygen atoms in total. The van der Waals surface area contributed by atoms with Crippen LogP contribution in [0.1, 0.15) is 63.5 Å². The van der Waals surface area contributed by atoms with E-state index in [1.54, 1.807) is 0 Å². The monoisotopic (exact) mass is 331 g/mol. The van der Waals surface area contributed by atoms with Crippen LogP contribution in [0.2, 0.25) is 0 Å². The molecule has 2 unspecified atom stereocenters. The van der Waals surface area contributed by atoms with Gasteiger partial charge in [0.05, 0.1) is 6.61 Å². The lowest BCUT2D eigenvalue weighted by Gasteiger charge is -2.41. The first-order valence-corrected chi connectivity index (χ1v) is 10.3. The van der Waals surface area contributed by atoms with Crippen molar-refractivity contribution in [1.82, 2.24) is 14.7 Å². The van der Waals surface area contributed by atoms with Crippen molar-refractivity contribution >= 4 is 0 Å². The van der Waals surface area contributed by atoms with Crippen molar-refractivity contribution in [2.45, 2.75) is 70.8 Å². The quantitative estimate of drug-likeness (QED) is 0.741. The van der Waals surface area contributed by atoms with Crippen LogP contribution in [-0.4, -0.2) is 40.9 Å². The van der Waals surface area contributed by atoms with Crippen LogP contribution in [0.3, 0.4) is 0 Å². The normalized spacial score (nSPS) is 27.5. The number of ether oxygens (including phenoxy) is 1. The van der Waals surface area contributed by atoms with Crippen LogP contribution in [0.25, 0.3) is 0 Å². The van der Waals surface area contributed by atoms with Crippen LogP contribution < -0.4 is 4.74 Å². The second-order valence-corrected chi connectivity index (χ2v) is 8.10. The minimum atomic E-state index is 0.816. The Morgan fingerprint density at radius 1 is 1.00 bits per heavy atom. The van der Waals surface area contributed by atoms with E-state index in [-0.39, 0.29) is 0 Å². The van der Waals surface area contributed by atoms with Gasteiger partial charge in [0.2, 0.25) is 5.88 Å². The molecule has 4 rings (SSSR count). The molecule has 0 radical (unpaired) electrons. The Morgan fingerprint density at radius 3 is 2.83 bits per heavy atom. The van der Waals surface area contributed by atoms with Gasteiger partial charge in [-0.2, -0.15) is 0 Å². The summed E-state index contributed by atoms with van der Waals surface area (Å²) in [7, 11) is 0. The average Bonchev–Trinajstić information content (AvgIpc) is 3.04. The molecule has 0 aromatic carbocycles. The fourth-order valence-corrected chi connectivity index (χ4v) is 4.96. The summed E-state index contributed by atoms with van der Waals surface area (Å²) < 4.78 is 8.02. The van der Waals surface area contributed by atoms with E-state index in [0.29, 0.717) is 0 Å². The molecule has 0 bridgehead atoms. The Morgan fingerprint density at radius 2 is 1.92 bits per heavy atom. The van der Waals surface area contributed by atoms with Gasteiger partial charge in [0.25, 0.3) is 0 Å². The summed E-state index contributed by atoms with van der Waals surface area (Å²) in [5, 5.41) is 4.57. The van der Waals surface area contributed by atoms with Crippen LogP contribution in [0.5, 0.6) is 5.88 Å². The molecule has 1 saturated heterocycles. The summed E-state index contributed by atoms with van der Waals surface area (Å²) in [6, 6.07) is 2.15. The van der Waals surface area contributed by atoms with Gasteiger partial charge in [0.1, 0.15) is 0 Å².